The minimum Gasteiger partial charge on any atom is -0.426 e. The second-order valence-corrected chi connectivity index (χ2v) is 6.84. The van der Waals surface area contributed by atoms with Gasteiger partial charge in [0.05, 0.1) is 6.54 Å². The summed E-state index contributed by atoms with van der Waals surface area (Å²) < 4.78 is 11.2. The number of nitrogens with zero attached hydrogens (tertiary/aromatic N) is 2. The number of hydrogen-bond acceptors (Lipinski definition) is 5. The number of likely N-dealkylation sites (tertiary alicyclic amines) is 1. The molecule has 0 saturated carbocycles. The zero-order valence-electron chi connectivity index (χ0n) is 15.5. The first kappa shape index (κ1) is 20.2. The van der Waals surface area contributed by atoms with Gasteiger partial charge in [-0.15, -0.1) is 12.4 Å². The molecule has 2 aliphatic heterocycles. The van der Waals surface area contributed by atoms with Crippen molar-refractivity contribution in [3.05, 3.63) is 48.2 Å². The van der Waals surface area contributed by atoms with Gasteiger partial charge in [-0.1, -0.05) is 18.2 Å². The van der Waals surface area contributed by atoms with E-state index < -0.39 is 0 Å². The van der Waals surface area contributed by atoms with Gasteiger partial charge in [-0.2, -0.15) is 0 Å². The molecule has 0 bridgehead atoms. The summed E-state index contributed by atoms with van der Waals surface area (Å²) in [5.41, 5.74) is 0. The molecular formula is C20H24ClN3O4. The van der Waals surface area contributed by atoms with Gasteiger partial charge < -0.3 is 24.3 Å². The molecule has 2 fully saturated rings. The van der Waals surface area contributed by atoms with Crippen molar-refractivity contribution in [2.75, 3.05) is 32.7 Å². The molecule has 150 valence electrons. The number of para-hydroxylation sites is 1. The van der Waals surface area contributed by atoms with Crippen LogP contribution in [0, 0.1) is 0 Å². The van der Waals surface area contributed by atoms with Crippen LogP contribution in [0.25, 0.3) is 0 Å². The van der Waals surface area contributed by atoms with Crippen LogP contribution in [0.5, 0.6) is 11.7 Å². The highest BCUT2D eigenvalue weighted by molar-refractivity contribution is 5.91. The molecule has 7 nitrogen and oxygen atoms in total. The Labute approximate surface area is 170 Å². The second kappa shape index (κ2) is 9.12. The summed E-state index contributed by atoms with van der Waals surface area (Å²) in [5.74, 6) is 1.15. The lowest BCUT2D eigenvalue weighted by Crippen LogP contribution is -2.57. The van der Waals surface area contributed by atoms with Gasteiger partial charge in [0.1, 0.15) is 5.75 Å². The Bertz CT molecular complexity index is 811. The number of rotatable bonds is 4. The number of amides is 2. The van der Waals surface area contributed by atoms with E-state index in [1.54, 1.807) is 17.0 Å². The van der Waals surface area contributed by atoms with Crippen molar-refractivity contribution in [2.24, 2.45) is 0 Å². The predicted octanol–water partition coefficient (Wildman–Crippen LogP) is 2.53. The first-order valence-electron chi connectivity index (χ1n) is 9.33. The van der Waals surface area contributed by atoms with Gasteiger partial charge in [-0.3, -0.25) is 9.59 Å². The quantitative estimate of drug-likeness (QED) is 0.846. The smallest absolute Gasteiger partial charge is 0.290 e. The second-order valence-electron chi connectivity index (χ2n) is 6.84. The highest BCUT2D eigenvalue weighted by Gasteiger charge is 2.32. The summed E-state index contributed by atoms with van der Waals surface area (Å²) in [6.07, 6.45) is 1.80. The van der Waals surface area contributed by atoms with E-state index in [0.29, 0.717) is 31.9 Å². The topological polar surface area (TPSA) is 75.0 Å². The van der Waals surface area contributed by atoms with Crippen LogP contribution in [0.2, 0.25) is 0 Å². The summed E-state index contributed by atoms with van der Waals surface area (Å²) in [6.45, 7) is 3.09. The average molecular weight is 406 g/mol. The van der Waals surface area contributed by atoms with E-state index in [4.69, 9.17) is 9.15 Å². The Hall–Kier alpha value is -2.51. The van der Waals surface area contributed by atoms with Gasteiger partial charge in [0.2, 0.25) is 5.91 Å². The average Bonchev–Trinajstić information content (AvgIpc) is 3.17. The van der Waals surface area contributed by atoms with E-state index in [1.807, 2.05) is 35.2 Å². The fraction of sp³-hybridized carbons (Fsp3) is 0.400. The van der Waals surface area contributed by atoms with Gasteiger partial charge in [0.25, 0.3) is 11.9 Å². The van der Waals surface area contributed by atoms with Gasteiger partial charge in [0.15, 0.2) is 5.76 Å². The van der Waals surface area contributed by atoms with Crippen molar-refractivity contribution in [3.8, 4) is 11.7 Å². The van der Waals surface area contributed by atoms with E-state index in [-0.39, 0.29) is 42.0 Å². The van der Waals surface area contributed by atoms with Crippen LogP contribution >= 0.6 is 12.4 Å². The molecule has 2 aromatic rings. The van der Waals surface area contributed by atoms with E-state index in [1.165, 1.54) is 0 Å². The Balaban J connectivity index is 0.00000225. The summed E-state index contributed by atoms with van der Waals surface area (Å²) in [5, 5.41) is 3.09. The maximum absolute atomic E-state index is 12.8. The van der Waals surface area contributed by atoms with Crippen LogP contribution in [-0.2, 0) is 4.79 Å². The molecule has 1 N–H and O–H groups in total. The summed E-state index contributed by atoms with van der Waals surface area (Å²) in [6, 6.07) is 12.7. The van der Waals surface area contributed by atoms with Crippen molar-refractivity contribution >= 4 is 24.2 Å². The molecule has 0 aliphatic carbocycles. The van der Waals surface area contributed by atoms with Crippen LogP contribution < -0.4 is 10.1 Å². The molecule has 2 amide bonds. The maximum Gasteiger partial charge on any atom is 0.290 e. The van der Waals surface area contributed by atoms with Crippen molar-refractivity contribution in [1.29, 1.82) is 0 Å². The number of nitrogens with one attached hydrogen (secondary N) is 1. The standard InChI is InChI=1S/C20H23N3O4.ClH/c24-18-13-21-10-12-23(18)15-5-4-11-22(14-15)20(25)17-8-9-19(27-17)26-16-6-2-1-3-7-16;/h1-3,6-9,15,21H,4-5,10-14H2;1H. The highest BCUT2D eigenvalue weighted by atomic mass is 35.5. The number of hydrogen-bond donors (Lipinski definition) is 1. The largest absolute Gasteiger partial charge is 0.426 e. The van der Waals surface area contributed by atoms with Crippen LogP contribution in [0.15, 0.2) is 46.9 Å². The van der Waals surface area contributed by atoms with E-state index in [9.17, 15) is 9.59 Å². The minimum atomic E-state index is -0.162. The lowest BCUT2D eigenvalue weighted by Gasteiger charge is -2.40. The zero-order valence-corrected chi connectivity index (χ0v) is 16.3. The molecule has 2 saturated heterocycles. The van der Waals surface area contributed by atoms with Crippen molar-refractivity contribution in [1.82, 2.24) is 15.1 Å². The lowest BCUT2D eigenvalue weighted by molar-refractivity contribution is -0.135. The molecule has 1 atom stereocenters. The number of benzene rings is 1. The number of furan rings is 1. The SMILES string of the molecule is Cl.O=C(c1ccc(Oc2ccccc2)o1)N1CCCC(N2CCNCC2=O)C1. The number of carbonyl (C=O) groups excluding carboxylic acids is 2. The monoisotopic (exact) mass is 405 g/mol. The lowest BCUT2D eigenvalue weighted by atomic mass is 10.0. The molecule has 8 heteroatoms. The third kappa shape index (κ3) is 4.48. The first-order valence-corrected chi connectivity index (χ1v) is 9.33. The Kier molecular flexibility index (Phi) is 6.59. The minimum absolute atomic E-state index is 0. The molecule has 28 heavy (non-hydrogen) atoms. The molecule has 2 aliphatic rings. The van der Waals surface area contributed by atoms with Crippen LogP contribution in [0.4, 0.5) is 0 Å². The summed E-state index contributed by atoms with van der Waals surface area (Å²) in [4.78, 5) is 28.7. The third-order valence-corrected chi connectivity index (χ3v) is 5.00. The van der Waals surface area contributed by atoms with Gasteiger partial charge in [-0.05, 0) is 31.0 Å². The van der Waals surface area contributed by atoms with E-state index in [0.717, 1.165) is 19.4 Å². The molecule has 3 heterocycles. The number of carbonyl (C=O) groups is 2. The maximum atomic E-state index is 12.8. The van der Waals surface area contributed by atoms with Gasteiger partial charge in [0, 0.05) is 38.3 Å². The van der Waals surface area contributed by atoms with Crippen molar-refractivity contribution in [3.63, 3.8) is 0 Å². The molecular weight excluding hydrogens is 382 g/mol. The zero-order chi connectivity index (χ0) is 18.6. The normalized spacial score (nSPS) is 19.9. The van der Waals surface area contributed by atoms with Crippen molar-refractivity contribution in [2.45, 2.75) is 18.9 Å². The number of piperazine rings is 1. The molecule has 0 spiro atoms. The molecule has 1 aromatic heterocycles. The van der Waals surface area contributed by atoms with E-state index in [2.05, 4.69) is 5.32 Å². The molecule has 0 radical (unpaired) electrons. The number of ether oxygens (including phenoxy) is 1. The Morgan fingerprint density at radius 3 is 2.75 bits per heavy atom. The summed E-state index contributed by atoms with van der Waals surface area (Å²) >= 11 is 0. The van der Waals surface area contributed by atoms with Crippen LogP contribution in [-0.4, -0.2) is 60.4 Å². The van der Waals surface area contributed by atoms with Crippen LogP contribution in [0.1, 0.15) is 23.4 Å². The number of piperidine rings is 1. The van der Waals surface area contributed by atoms with Crippen LogP contribution in [0.3, 0.4) is 0 Å². The molecule has 4 rings (SSSR count). The third-order valence-electron chi connectivity index (χ3n) is 5.00. The van der Waals surface area contributed by atoms with E-state index >= 15 is 0 Å². The molecule has 1 unspecified atom stereocenters. The molecule has 1 aromatic carbocycles. The predicted molar refractivity (Wildman–Crippen MR) is 106 cm³/mol. The summed E-state index contributed by atoms with van der Waals surface area (Å²) in [7, 11) is 0. The Morgan fingerprint density at radius 2 is 1.96 bits per heavy atom. The highest BCUT2D eigenvalue weighted by Crippen LogP contribution is 2.25. The number of halogens is 1. The first-order chi connectivity index (χ1) is 13.2. The van der Waals surface area contributed by atoms with Gasteiger partial charge >= 0.3 is 0 Å². The van der Waals surface area contributed by atoms with Crippen molar-refractivity contribution < 1.29 is 18.7 Å². The Morgan fingerprint density at radius 1 is 1.14 bits per heavy atom. The fourth-order valence-electron chi connectivity index (χ4n) is 3.65. The van der Waals surface area contributed by atoms with Gasteiger partial charge in [-0.25, -0.2) is 0 Å². The fourth-order valence-corrected chi connectivity index (χ4v) is 3.65.